The summed E-state index contributed by atoms with van der Waals surface area (Å²) < 4.78 is 10.1. The highest BCUT2D eigenvalue weighted by molar-refractivity contribution is 5.79. The average molecular weight is 266 g/mol. The van der Waals surface area contributed by atoms with Crippen LogP contribution in [0.5, 0.6) is 5.75 Å². The van der Waals surface area contributed by atoms with Crippen LogP contribution in [0.3, 0.4) is 0 Å². The third-order valence-electron chi connectivity index (χ3n) is 2.60. The fourth-order valence-corrected chi connectivity index (χ4v) is 1.59. The van der Waals surface area contributed by atoms with E-state index in [0.29, 0.717) is 11.3 Å². The monoisotopic (exact) mass is 266 g/mol. The molecule has 0 fully saturated rings. The summed E-state index contributed by atoms with van der Waals surface area (Å²) >= 11 is 0. The Morgan fingerprint density at radius 1 is 1.37 bits per heavy atom. The molecule has 0 aliphatic carbocycles. The standard InChI is InChI=1S/C14H22N2O3/c1-16(2)7-6-15-9-12-4-5-14(19-11-18-3)13(8-12)10-17/h4-5,8,10,15H,6-7,9,11H2,1-3H3. The van der Waals surface area contributed by atoms with Crippen LogP contribution in [0.15, 0.2) is 18.2 Å². The molecule has 0 atom stereocenters. The molecule has 0 aliphatic heterocycles. The zero-order valence-electron chi connectivity index (χ0n) is 11.8. The van der Waals surface area contributed by atoms with E-state index in [9.17, 15) is 4.79 Å². The second-order valence-corrected chi connectivity index (χ2v) is 4.52. The zero-order valence-corrected chi connectivity index (χ0v) is 11.8. The number of hydrogen-bond donors (Lipinski definition) is 1. The molecule has 0 radical (unpaired) electrons. The van der Waals surface area contributed by atoms with Crippen molar-refractivity contribution in [3.63, 3.8) is 0 Å². The quantitative estimate of drug-likeness (QED) is 0.412. The highest BCUT2D eigenvalue weighted by Crippen LogP contribution is 2.18. The number of ether oxygens (including phenoxy) is 2. The van der Waals surface area contributed by atoms with Gasteiger partial charge in [0.15, 0.2) is 13.1 Å². The summed E-state index contributed by atoms with van der Waals surface area (Å²) in [6.45, 7) is 2.77. The van der Waals surface area contributed by atoms with Crippen LogP contribution >= 0.6 is 0 Å². The molecular weight excluding hydrogens is 244 g/mol. The summed E-state index contributed by atoms with van der Waals surface area (Å²) in [5, 5.41) is 3.32. The molecule has 0 saturated carbocycles. The van der Waals surface area contributed by atoms with Gasteiger partial charge in [-0.2, -0.15) is 0 Å². The molecule has 0 unspecified atom stereocenters. The lowest BCUT2D eigenvalue weighted by molar-refractivity contribution is 0.0505. The first-order chi connectivity index (χ1) is 9.17. The minimum absolute atomic E-state index is 0.140. The largest absolute Gasteiger partial charge is 0.467 e. The van der Waals surface area contributed by atoms with Gasteiger partial charge in [-0.3, -0.25) is 4.79 Å². The van der Waals surface area contributed by atoms with E-state index in [0.717, 1.165) is 31.5 Å². The first-order valence-electron chi connectivity index (χ1n) is 6.22. The van der Waals surface area contributed by atoms with Crippen molar-refractivity contribution in [3.8, 4) is 5.75 Å². The van der Waals surface area contributed by atoms with Gasteiger partial charge in [-0.05, 0) is 31.8 Å². The molecule has 0 heterocycles. The Morgan fingerprint density at radius 2 is 2.16 bits per heavy atom. The molecule has 1 rings (SSSR count). The molecule has 0 saturated heterocycles. The van der Waals surface area contributed by atoms with Gasteiger partial charge in [0, 0.05) is 26.7 Å². The van der Waals surface area contributed by atoms with E-state index in [1.165, 1.54) is 0 Å². The van der Waals surface area contributed by atoms with E-state index in [2.05, 4.69) is 10.2 Å². The van der Waals surface area contributed by atoms with Crippen LogP contribution in [0.1, 0.15) is 15.9 Å². The van der Waals surface area contributed by atoms with Gasteiger partial charge < -0.3 is 19.7 Å². The van der Waals surface area contributed by atoms with E-state index in [1.54, 1.807) is 13.2 Å². The number of carbonyl (C=O) groups is 1. The van der Waals surface area contributed by atoms with Gasteiger partial charge in [0.25, 0.3) is 0 Å². The molecule has 1 aromatic rings. The van der Waals surface area contributed by atoms with E-state index in [4.69, 9.17) is 9.47 Å². The summed E-state index contributed by atoms with van der Waals surface area (Å²) in [5.74, 6) is 0.550. The molecule has 0 aromatic heterocycles. The fourth-order valence-electron chi connectivity index (χ4n) is 1.59. The molecule has 0 amide bonds. The van der Waals surface area contributed by atoms with E-state index >= 15 is 0 Å². The van der Waals surface area contributed by atoms with Crippen LogP contribution in [0.2, 0.25) is 0 Å². The Bertz CT molecular complexity index is 394. The summed E-state index contributed by atoms with van der Waals surface area (Å²) in [6, 6.07) is 5.58. The molecule has 0 aliphatic rings. The van der Waals surface area contributed by atoms with Gasteiger partial charge in [-0.1, -0.05) is 6.07 Å². The van der Waals surface area contributed by atoms with Crippen molar-refractivity contribution < 1.29 is 14.3 Å². The van der Waals surface area contributed by atoms with Crippen LogP contribution in [-0.2, 0) is 11.3 Å². The summed E-state index contributed by atoms with van der Waals surface area (Å²) in [4.78, 5) is 13.1. The van der Waals surface area contributed by atoms with Crippen molar-refractivity contribution in [1.82, 2.24) is 10.2 Å². The number of carbonyl (C=O) groups excluding carboxylic acids is 1. The smallest absolute Gasteiger partial charge is 0.188 e. The fraction of sp³-hybridized carbons (Fsp3) is 0.500. The lowest BCUT2D eigenvalue weighted by Gasteiger charge is -2.12. The number of likely N-dealkylation sites (N-methyl/N-ethyl adjacent to an activating group) is 1. The lowest BCUT2D eigenvalue weighted by Crippen LogP contribution is -2.26. The van der Waals surface area contributed by atoms with E-state index in [-0.39, 0.29) is 6.79 Å². The van der Waals surface area contributed by atoms with Crippen LogP contribution in [-0.4, -0.2) is 52.3 Å². The molecule has 5 heteroatoms. The second kappa shape index (κ2) is 8.63. The third-order valence-corrected chi connectivity index (χ3v) is 2.60. The number of rotatable bonds is 9. The van der Waals surface area contributed by atoms with Crippen molar-refractivity contribution in [1.29, 1.82) is 0 Å². The minimum Gasteiger partial charge on any atom is -0.467 e. The maximum Gasteiger partial charge on any atom is 0.188 e. The van der Waals surface area contributed by atoms with Crippen molar-refractivity contribution >= 4 is 6.29 Å². The molecule has 1 aromatic carbocycles. The van der Waals surface area contributed by atoms with Crippen molar-refractivity contribution in [3.05, 3.63) is 29.3 Å². The summed E-state index contributed by atoms with van der Waals surface area (Å²) in [7, 11) is 5.62. The minimum atomic E-state index is 0.140. The number of methoxy groups -OCH3 is 1. The van der Waals surface area contributed by atoms with Gasteiger partial charge in [0.1, 0.15) is 5.75 Å². The maximum atomic E-state index is 11.0. The molecule has 5 nitrogen and oxygen atoms in total. The number of nitrogens with zero attached hydrogens (tertiary/aromatic N) is 1. The summed E-state index contributed by atoms with van der Waals surface area (Å²) in [6.07, 6.45) is 0.800. The molecule has 0 spiro atoms. The first kappa shape index (κ1) is 15.6. The Kier molecular flexibility index (Phi) is 7.10. The second-order valence-electron chi connectivity index (χ2n) is 4.52. The summed E-state index contributed by atoms with van der Waals surface area (Å²) in [5.41, 5.74) is 1.61. The van der Waals surface area contributed by atoms with Crippen molar-refractivity contribution in [2.24, 2.45) is 0 Å². The molecule has 106 valence electrons. The molecule has 0 bridgehead atoms. The topological polar surface area (TPSA) is 50.8 Å². The Hall–Kier alpha value is -1.43. The number of aldehydes is 1. The Labute approximate surface area is 114 Å². The van der Waals surface area contributed by atoms with Gasteiger partial charge in [0.2, 0.25) is 0 Å². The Morgan fingerprint density at radius 3 is 2.79 bits per heavy atom. The maximum absolute atomic E-state index is 11.0. The van der Waals surface area contributed by atoms with E-state index in [1.807, 2.05) is 26.2 Å². The van der Waals surface area contributed by atoms with Crippen LogP contribution in [0.4, 0.5) is 0 Å². The van der Waals surface area contributed by atoms with Gasteiger partial charge >= 0.3 is 0 Å². The van der Waals surface area contributed by atoms with Crippen molar-refractivity contribution in [2.75, 3.05) is 41.1 Å². The van der Waals surface area contributed by atoms with Crippen LogP contribution in [0.25, 0.3) is 0 Å². The normalized spacial score (nSPS) is 10.7. The zero-order chi connectivity index (χ0) is 14.1. The van der Waals surface area contributed by atoms with E-state index < -0.39 is 0 Å². The third kappa shape index (κ3) is 5.83. The van der Waals surface area contributed by atoms with Crippen LogP contribution in [0, 0.1) is 0 Å². The Balaban J connectivity index is 2.53. The van der Waals surface area contributed by atoms with Gasteiger partial charge in [-0.25, -0.2) is 0 Å². The average Bonchev–Trinajstić information content (AvgIpc) is 2.41. The predicted molar refractivity (Wildman–Crippen MR) is 74.6 cm³/mol. The molecule has 1 N–H and O–H groups in total. The molecular formula is C14H22N2O3. The lowest BCUT2D eigenvalue weighted by atomic mass is 10.1. The van der Waals surface area contributed by atoms with Crippen molar-refractivity contribution in [2.45, 2.75) is 6.54 Å². The molecule has 19 heavy (non-hydrogen) atoms. The van der Waals surface area contributed by atoms with Gasteiger partial charge in [0.05, 0.1) is 5.56 Å². The number of hydrogen-bond acceptors (Lipinski definition) is 5. The number of nitrogens with one attached hydrogen (secondary N) is 1. The SMILES string of the molecule is COCOc1ccc(CNCCN(C)C)cc1C=O. The van der Waals surface area contributed by atoms with Crippen LogP contribution < -0.4 is 10.1 Å². The highest BCUT2D eigenvalue weighted by atomic mass is 16.7. The predicted octanol–water partition coefficient (Wildman–Crippen LogP) is 1.13. The highest BCUT2D eigenvalue weighted by Gasteiger charge is 2.04. The number of benzene rings is 1. The first-order valence-corrected chi connectivity index (χ1v) is 6.22. The van der Waals surface area contributed by atoms with Gasteiger partial charge in [-0.15, -0.1) is 0 Å².